The van der Waals surface area contributed by atoms with Crippen LogP contribution in [0.5, 0.6) is 0 Å². The average molecular weight is 290 g/mol. The molecule has 1 aliphatic heterocycles. The van der Waals surface area contributed by atoms with Gasteiger partial charge in [-0.1, -0.05) is 24.6 Å². The van der Waals surface area contributed by atoms with Crippen LogP contribution in [-0.2, 0) is 18.9 Å². The molecule has 0 radical (unpaired) electrons. The SMILES string of the molecule is C#CCO[C@H]1[C@H](OC)O[C@H](CC)[C@@H]1OC(=S)SC. The van der Waals surface area contributed by atoms with Gasteiger partial charge in [0.2, 0.25) is 4.38 Å². The van der Waals surface area contributed by atoms with Crippen molar-refractivity contribution in [2.75, 3.05) is 20.0 Å². The van der Waals surface area contributed by atoms with Crippen LogP contribution in [-0.4, -0.2) is 49.0 Å². The normalized spacial score (nSPS) is 31.0. The van der Waals surface area contributed by atoms with Gasteiger partial charge in [-0.25, -0.2) is 0 Å². The van der Waals surface area contributed by atoms with Gasteiger partial charge in [-0.2, -0.15) is 0 Å². The Balaban J connectivity index is 2.76. The Kier molecular flexibility index (Phi) is 6.97. The summed E-state index contributed by atoms with van der Waals surface area (Å²) in [5, 5.41) is 0. The molecule has 1 fully saturated rings. The third-order valence-corrected chi connectivity index (χ3v) is 3.69. The first-order valence-electron chi connectivity index (χ1n) is 5.65. The lowest BCUT2D eigenvalue weighted by Gasteiger charge is -2.23. The molecule has 6 heteroatoms. The Morgan fingerprint density at radius 1 is 1.50 bits per heavy atom. The molecule has 0 aromatic rings. The molecule has 0 amide bonds. The third kappa shape index (κ3) is 3.84. The second kappa shape index (κ2) is 7.97. The van der Waals surface area contributed by atoms with E-state index in [1.165, 1.54) is 11.8 Å². The van der Waals surface area contributed by atoms with Crippen LogP contribution in [0.2, 0.25) is 0 Å². The van der Waals surface area contributed by atoms with E-state index in [0.29, 0.717) is 4.38 Å². The van der Waals surface area contributed by atoms with E-state index in [1.807, 2.05) is 13.2 Å². The van der Waals surface area contributed by atoms with Crippen molar-refractivity contribution in [2.24, 2.45) is 0 Å². The van der Waals surface area contributed by atoms with Crippen LogP contribution in [0, 0.1) is 12.3 Å². The lowest BCUT2D eigenvalue weighted by molar-refractivity contribution is -0.158. The molecule has 0 unspecified atom stereocenters. The summed E-state index contributed by atoms with van der Waals surface area (Å²) in [6, 6.07) is 0. The maximum Gasteiger partial charge on any atom is 0.220 e. The van der Waals surface area contributed by atoms with Crippen LogP contribution in [0.1, 0.15) is 13.3 Å². The van der Waals surface area contributed by atoms with E-state index in [1.54, 1.807) is 7.11 Å². The number of hydrogen-bond acceptors (Lipinski definition) is 6. The van der Waals surface area contributed by atoms with Crippen molar-refractivity contribution in [1.82, 2.24) is 0 Å². The van der Waals surface area contributed by atoms with Gasteiger partial charge in [-0.3, -0.25) is 0 Å². The van der Waals surface area contributed by atoms with Crippen molar-refractivity contribution < 1.29 is 18.9 Å². The Morgan fingerprint density at radius 3 is 2.72 bits per heavy atom. The van der Waals surface area contributed by atoms with Crippen molar-refractivity contribution in [3.8, 4) is 12.3 Å². The van der Waals surface area contributed by atoms with Crippen molar-refractivity contribution in [3.63, 3.8) is 0 Å². The Labute approximate surface area is 118 Å². The highest BCUT2D eigenvalue weighted by Gasteiger charge is 2.47. The molecule has 0 aliphatic carbocycles. The first-order chi connectivity index (χ1) is 8.67. The fourth-order valence-electron chi connectivity index (χ4n) is 1.83. The lowest BCUT2D eigenvalue weighted by atomic mass is 10.1. The van der Waals surface area contributed by atoms with Gasteiger partial charge in [0.05, 0.1) is 0 Å². The number of hydrogen-bond donors (Lipinski definition) is 0. The van der Waals surface area contributed by atoms with Crippen LogP contribution >= 0.6 is 24.0 Å². The summed E-state index contributed by atoms with van der Waals surface area (Å²) in [6.07, 6.45) is 6.63. The van der Waals surface area contributed by atoms with E-state index in [-0.39, 0.29) is 24.9 Å². The van der Waals surface area contributed by atoms with E-state index in [0.717, 1.165) is 6.42 Å². The molecule has 1 rings (SSSR count). The Hall–Kier alpha value is -0.320. The zero-order valence-corrected chi connectivity index (χ0v) is 12.4. The van der Waals surface area contributed by atoms with Crippen LogP contribution < -0.4 is 0 Å². The predicted molar refractivity (Wildman–Crippen MR) is 75.5 cm³/mol. The van der Waals surface area contributed by atoms with E-state index in [4.69, 9.17) is 37.6 Å². The predicted octanol–water partition coefficient (Wildman–Crippen LogP) is 1.82. The fourth-order valence-corrected chi connectivity index (χ4v) is 2.15. The summed E-state index contributed by atoms with van der Waals surface area (Å²) >= 11 is 6.46. The second-order valence-electron chi connectivity index (χ2n) is 3.70. The summed E-state index contributed by atoms with van der Waals surface area (Å²) in [5.74, 6) is 2.43. The number of terminal acetylenes is 1. The van der Waals surface area contributed by atoms with Crippen molar-refractivity contribution in [3.05, 3.63) is 0 Å². The van der Waals surface area contributed by atoms with Crippen LogP contribution in [0.3, 0.4) is 0 Å². The van der Waals surface area contributed by atoms with Gasteiger partial charge in [-0.05, 0) is 24.9 Å². The van der Waals surface area contributed by atoms with E-state index < -0.39 is 6.29 Å². The number of methoxy groups -OCH3 is 1. The molecular weight excluding hydrogens is 272 g/mol. The molecule has 0 bridgehead atoms. The largest absolute Gasteiger partial charge is 0.469 e. The Morgan fingerprint density at radius 2 is 2.22 bits per heavy atom. The van der Waals surface area contributed by atoms with Crippen molar-refractivity contribution in [1.29, 1.82) is 0 Å². The quantitative estimate of drug-likeness (QED) is 0.568. The summed E-state index contributed by atoms with van der Waals surface area (Å²) in [4.78, 5) is 0. The maximum absolute atomic E-state index is 5.72. The summed E-state index contributed by atoms with van der Waals surface area (Å²) < 4.78 is 22.7. The van der Waals surface area contributed by atoms with Gasteiger partial charge < -0.3 is 18.9 Å². The number of thiocarbonyl (C=S) groups is 1. The first kappa shape index (κ1) is 15.7. The minimum absolute atomic E-state index is 0.108. The molecule has 0 N–H and O–H groups in total. The highest BCUT2D eigenvalue weighted by Crippen LogP contribution is 2.30. The summed E-state index contributed by atoms with van der Waals surface area (Å²) in [7, 11) is 1.57. The van der Waals surface area contributed by atoms with Crippen molar-refractivity contribution >= 4 is 28.4 Å². The molecule has 0 aromatic carbocycles. The molecule has 1 heterocycles. The minimum atomic E-state index is -0.474. The zero-order chi connectivity index (χ0) is 13.5. The molecular formula is C12H18O4S2. The van der Waals surface area contributed by atoms with E-state index in [9.17, 15) is 0 Å². The molecule has 4 atom stereocenters. The van der Waals surface area contributed by atoms with Crippen LogP contribution in [0.15, 0.2) is 0 Å². The standard InChI is InChI=1S/C12H18O4S2/c1-5-7-14-10-9(16-12(17)18-4)8(6-2)15-11(10)13-3/h1,8-11H,6-7H2,2-4H3/t8-,9+,10-,11-/m1/s1. The second-order valence-corrected chi connectivity index (χ2v) is 5.11. The maximum atomic E-state index is 5.72. The third-order valence-electron chi connectivity index (χ3n) is 2.66. The monoisotopic (exact) mass is 290 g/mol. The highest BCUT2D eigenvalue weighted by atomic mass is 32.2. The lowest BCUT2D eigenvalue weighted by Crippen LogP contribution is -2.39. The molecule has 0 spiro atoms. The minimum Gasteiger partial charge on any atom is -0.469 e. The van der Waals surface area contributed by atoms with Gasteiger partial charge in [-0.15, -0.1) is 6.42 Å². The molecule has 18 heavy (non-hydrogen) atoms. The number of ether oxygens (including phenoxy) is 4. The van der Waals surface area contributed by atoms with Gasteiger partial charge in [0.15, 0.2) is 12.4 Å². The molecule has 0 saturated carbocycles. The fraction of sp³-hybridized carbons (Fsp3) is 0.750. The molecule has 102 valence electrons. The zero-order valence-electron chi connectivity index (χ0n) is 10.8. The van der Waals surface area contributed by atoms with E-state index in [2.05, 4.69) is 5.92 Å². The average Bonchev–Trinajstić information content (AvgIpc) is 2.73. The number of rotatable bonds is 5. The number of thioether (sulfide) groups is 1. The Bertz CT molecular complexity index is 316. The smallest absolute Gasteiger partial charge is 0.220 e. The van der Waals surface area contributed by atoms with Gasteiger partial charge in [0.25, 0.3) is 0 Å². The first-order valence-corrected chi connectivity index (χ1v) is 7.29. The molecule has 0 aromatic heterocycles. The topological polar surface area (TPSA) is 36.9 Å². The summed E-state index contributed by atoms with van der Waals surface area (Å²) in [5.41, 5.74) is 0. The van der Waals surface area contributed by atoms with E-state index >= 15 is 0 Å². The highest BCUT2D eigenvalue weighted by molar-refractivity contribution is 8.22. The molecule has 1 aliphatic rings. The van der Waals surface area contributed by atoms with Crippen molar-refractivity contribution in [2.45, 2.75) is 37.9 Å². The van der Waals surface area contributed by atoms with Gasteiger partial charge in [0, 0.05) is 7.11 Å². The molecule has 1 saturated heterocycles. The van der Waals surface area contributed by atoms with Crippen LogP contribution in [0.25, 0.3) is 0 Å². The van der Waals surface area contributed by atoms with Gasteiger partial charge in [0.1, 0.15) is 18.8 Å². The van der Waals surface area contributed by atoms with Crippen LogP contribution in [0.4, 0.5) is 0 Å². The summed E-state index contributed by atoms with van der Waals surface area (Å²) in [6.45, 7) is 2.20. The van der Waals surface area contributed by atoms with Gasteiger partial charge >= 0.3 is 0 Å². The molecule has 4 nitrogen and oxygen atoms in total.